The molecule has 0 amide bonds. The topological polar surface area (TPSA) is 107 Å². The Morgan fingerprint density at radius 1 is 1.08 bits per heavy atom. The first-order valence-electron chi connectivity index (χ1n) is 7.68. The lowest BCUT2D eigenvalue weighted by molar-refractivity contribution is -0.385. The number of benzene rings is 2. The summed E-state index contributed by atoms with van der Waals surface area (Å²) >= 11 is 0. The maximum atomic E-state index is 11.5. The van der Waals surface area contributed by atoms with E-state index in [1.165, 1.54) is 6.07 Å². The minimum absolute atomic E-state index is 0.0901. The summed E-state index contributed by atoms with van der Waals surface area (Å²) in [5, 5.41) is 31.3. The number of fused-ring (bicyclic) bond motifs is 1. The number of rotatable bonds is 4. The van der Waals surface area contributed by atoms with Gasteiger partial charge in [0.1, 0.15) is 5.92 Å². The number of nitrogens with one attached hydrogen (secondary N) is 1. The van der Waals surface area contributed by atoms with Crippen molar-refractivity contribution in [1.29, 1.82) is 10.5 Å². The predicted octanol–water partition coefficient (Wildman–Crippen LogP) is 4.18. The summed E-state index contributed by atoms with van der Waals surface area (Å²) in [4.78, 5) is 14.2. The Kier molecular flexibility index (Phi) is 4.20. The van der Waals surface area contributed by atoms with E-state index in [1.807, 2.05) is 43.3 Å². The van der Waals surface area contributed by atoms with Crippen LogP contribution in [0.3, 0.4) is 0 Å². The van der Waals surface area contributed by atoms with Crippen LogP contribution in [0.4, 0.5) is 5.69 Å². The first-order valence-corrected chi connectivity index (χ1v) is 7.68. The van der Waals surface area contributed by atoms with Crippen LogP contribution in [0, 0.1) is 45.6 Å². The van der Waals surface area contributed by atoms with Crippen molar-refractivity contribution in [2.75, 3.05) is 0 Å². The number of nitro benzene ring substituents is 1. The van der Waals surface area contributed by atoms with E-state index < -0.39 is 16.8 Å². The molecule has 0 aliphatic carbocycles. The second-order valence-electron chi connectivity index (χ2n) is 5.74. The van der Waals surface area contributed by atoms with Crippen LogP contribution >= 0.6 is 0 Å². The van der Waals surface area contributed by atoms with Crippen molar-refractivity contribution in [1.82, 2.24) is 4.98 Å². The third-order valence-corrected chi connectivity index (χ3v) is 4.33. The number of nitro groups is 1. The van der Waals surface area contributed by atoms with Crippen LogP contribution in [-0.2, 0) is 0 Å². The van der Waals surface area contributed by atoms with Gasteiger partial charge in [-0.05, 0) is 18.6 Å². The minimum atomic E-state index is -1.04. The monoisotopic (exact) mass is 330 g/mol. The second kappa shape index (κ2) is 6.46. The van der Waals surface area contributed by atoms with Crippen molar-refractivity contribution >= 4 is 16.6 Å². The van der Waals surface area contributed by atoms with Gasteiger partial charge in [-0.2, -0.15) is 10.5 Å². The van der Waals surface area contributed by atoms with Gasteiger partial charge in [0.15, 0.2) is 0 Å². The van der Waals surface area contributed by atoms with E-state index >= 15 is 0 Å². The van der Waals surface area contributed by atoms with E-state index in [0.717, 1.165) is 22.2 Å². The average molecular weight is 330 g/mol. The molecule has 1 heterocycles. The fraction of sp³-hybridized carbons (Fsp3) is 0.158. The number of aromatic amines is 1. The van der Waals surface area contributed by atoms with Crippen LogP contribution in [0.15, 0.2) is 48.5 Å². The van der Waals surface area contributed by atoms with Crippen LogP contribution in [-0.4, -0.2) is 9.91 Å². The van der Waals surface area contributed by atoms with Gasteiger partial charge in [0.05, 0.1) is 17.1 Å². The van der Waals surface area contributed by atoms with Crippen molar-refractivity contribution < 1.29 is 4.92 Å². The standard InChI is InChI=1S/C19H14N4O2/c1-12-18(14-6-2-4-8-16(14)22-12)19(13(10-20)11-21)15-7-3-5-9-17(15)23(24)25/h2-9,13,19,22H,1H3/t19-/m0/s1. The van der Waals surface area contributed by atoms with Gasteiger partial charge in [-0.1, -0.05) is 36.4 Å². The van der Waals surface area contributed by atoms with Gasteiger partial charge in [0.2, 0.25) is 0 Å². The first-order chi connectivity index (χ1) is 12.1. The fourth-order valence-corrected chi connectivity index (χ4v) is 3.30. The smallest absolute Gasteiger partial charge is 0.273 e. The molecule has 0 spiro atoms. The van der Waals surface area contributed by atoms with E-state index in [-0.39, 0.29) is 5.69 Å². The lowest BCUT2D eigenvalue weighted by Gasteiger charge is -2.19. The average Bonchev–Trinajstić information content (AvgIpc) is 2.95. The summed E-state index contributed by atoms with van der Waals surface area (Å²) in [6.45, 7) is 1.85. The molecule has 3 aromatic rings. The largest absolute Gasteiger partial charge is 0.358 e. The third-order valence-electron chi connectivity index (χ3n) is 4.33. The van der Waals surface area contributed by atoms with Crippen molar-refractivity contribution in [3.05, 3.63) is 75.5 Å². The van der Waals surface area contributed by atoms with E-state index in [9.17, 15) is 20.6 Å². The molecule has 0 unspecified atom stereocenters. The molecule has 0 fully saturated rings. The number of hydrogen-bond acceptors (Lipinski definition) is 4. The van der Waals surface area contributed by atoms with Crippen LogP contribution in [0.2, 0.25) is 0 Å². The lowest BCUT2D eigenvalue weighted by atomic mass is 9.80. The van der Waals surface area contributed by atoms with E-state index in [0.29, 0.717) is 5.56 Å². The molecule has 2 aromatic carbocycles. The van der Waals surface area contributed by atoms with E-state index in [4.69, 9.17) is 0 Å². The van der Waals surface area contributed by atoms with Gasteiger partial charge in [-0.25, -0.2) is 0 Å². The molecule has 25 heavy (non-hydrogen) atoms. The highest BCUT2D eigenvalue weighted by molar-refractivity contribution is 5.86. The third kappa shape index (κ3) is 2.71. The summed E-state index contributed by atoms with van der Waals surface area (Å²) in [5.74, 6) is -1.76. The molecule has 0 aliphatic heterocycles. The maximum absolute atomic E-state index is 11.5. The first kappa shape index (κ1) is 16.2. The molecule has 0 saturated heterocycles. The molecule has 6 nitrogen and oxygen atoms in total. The molecule has 0 bridgehead atoms. The molecule has 1 atom stereocenters. The number of hydrogen-bond donors (Lipinski definition) is 1. The summed E-state index contributed by atoms with van der Waals surface area (Å²) < 4.78 is 0. The summed E-state index contributed by atoms with van der Waals surface area (Å²) in [6, 6.07) is 17.8. The lowest BCUT2D eigenvalue weighted by Crippen LogP contribution is -2.14. The summed E-state index contributed by atoms with van der Waals surface area (Å²) in [6.07, 6.45) is 0. The number of nitriles is 2. The van der Waals surface area contributed by atoms with Crippen molar-refractivity contribution in [2.45, 2.75) is 12.8 Å². The molecule has 1 N–H and O–H groups in total. The molecule has 1 aromatic heterocycles. The molecule has 0 aliphatic rings. The molecular weight excluding hydrogens is 316 g/mol. The van der Waals surface area contributed by atoms with Gasteiger partial charge in [0.25, 0.3) is 5.69 Å². The van der Waals surface area contributed by atoms with Gasteiger partial charge in [0, 0.05) is 34.1 Å². The van der Waals surface area contributed by atoms with Crippen molar-refractivity contribution in [2.24, 2.45) is 5.92 Å². The molecule has 0 radical (unpaired) electrons. The molecule has 6 heteroatoms. The Hall–Kier alpha value is -3.64. The zero-order valence-electron chi connectivity index (χ0n) is 13.4. The number of aryl methyl sites for hydroxylation is 1. The quantitative estimate of drug-likeness (QED) is 0.572. The molecule has 3 rings (SSSR count). The van der Waals surface area contributed by atoms with Gasteiger partial charge >= 0.3 is 0 Å². The number of aromatic nitrogens is 1. The predicted molar refractivity (Wildman–Crippen MR) is 92.7 cm³/mol. The Morgan fingerprint density at radius 3 is 2.40 bits per heavy atom. The van der Waals surface area contributed by atoms with E-state index in [2.05, 4.69) is 4.98 Å². The molecular formula is C19H14N4O2. The highest BCUT2D eigenvalue weighted by Crippen LogP contribution is 2.41. The fourth-order valence-electron chi connectivity index (χ4n) is 3.30. The molecule has 122 valence electrons. The number of para-hydroxylation sites is 2. The van der Waals surface area contributed by atoms with Crippen LogP contribution < -0.4 is 0 Å². The van der Waals surface area contributed by atoms with E-state index in [1.54, 1.807) is 18.2 Å². The zero-order chi connectivity index (χ0) is 18.0. The molecule has 0 saturated carbocycles. The SMILES string of the molecule is Cc1[nH]c2ccccc2c1[C@H](c1ccccc1[N+](=O)[O-])C(C#N)C#N. The van der Waals surface area contributed by atoms with Crippen LogP contribution in [0.1, 0.15) is 22.7 Å². The Labute approximate surface area is 144 Å². The van der Waals surface area contributed by atoms with Gasteiger partial charge in [-0.3, -0.25) is 10.1 Å². The Bertz CT molecular complexity index is 1030. The summed E-state index contributed by atoms with van der Waals surface area (Å²) in [5.41, 5.74) is 2.69. The second-order valence-corrected chi connectivity index (χ2v) is 5.74. The normalized spacial score (nSPS) is 11.8. The van der Waals surface area contributed by atoms with Crippen molar-refractivity contribution in [3.8, 4) is 12.1 Å². The number of nitrogens with zero attached hydrogens (tertiary/aromatic N) is 3. The highest BCUT2D eigenvalue weighted by Gasteiger charge is 2.33. The Morgan fingerprint density at radius 2 is 1.72 bits per heavy atom. The highest BCUT2D eigenvalue weighted by atomic mass is 16.6. The Balaban J connectivity index is 2.35. The van der Waals surface area contributed by atoms with Gasteiger partial charge < -0.3 is 4.98 Å². The van der Waals surface area contributed by atoms with Crippen LogP contribution in [0.5, 0.6) is 0 Å². The van der Waals surface area contributed by atoms with Gasteiger partial charge in [-0.15, -0.1) is 0 Å². The van der Waals surface area contributed by atoms with Crippen LogP contribution in [0.25, 0.3) is 10.9 Å². The summed E-state index contributed by atoms with van der Waals surface area (Å²) in [7, 11) is 0. The van der Waals surface area contributed by atoms with Crippen molar-refractivity contribution in [3.63, 3.8) is 0 Å². The maximum Gasteiger partial charge on any atom is 0.273 e. The number of H-pyrrole nitrogens is 1. The zero-order valence-corrected chi connectivity index (χ0v) is 13.4. The minimum Gasteiger partial charge on any atom is -0.358 e.